The van der Waals surface area contributed by atoms with Crippen LogP contribution in [0, 0.1) is 10.1 Å². The van der Waals surface area contributed by atoms with Gasteiger partial charge in [0.25, 0.3) is 11.2 Å². The standard InChI is InChI=1S/C24H19N3O3S/c28-23-21-16-20(27(29)30)13-14-22(21)25-24(26(23)17-19-10-5-2-6-11-19)31-15-7-12-18-8-3-1-4-9-18/h1-14,16H,15,17H2/b12-7+. The van der Waals surface area contributed by atoms with Crippen molar-refractivity contribution in [2.24, 2.45) is 0 Å². The molecule has 0 radical (unpaired) electrons. The Labute approximate surface area is 183 Å². The Morgan fingerprint density at radius 2 is 1.71 bits per heavy atom. The summed E-state index contributed by atoms with van der Waals surface area (Å²) < 4.78 is 1.59. The Hall–Kier alpha value is -3.71. The van der Waals surface area contributed by atoms with Gasteiger partial charge in [-0.3, -0.25) is 19.5 Å². The maximum atomic E-state index is 13.3. The van der Waals surface area contributed by atoms with E-state index in [9.17, 15) is 14.9 Å². The van der Waals surface area contributed by atoms with E-state index >= 15 is 0 Å². The van der Waals surface area contributed by atoms with Gasteiger partial charge < -0.3 is 0 Å². The van der Waals surface area contributed by atoms with Crippen LogP contribution < -0.4 is 5.56 Å². The van der Waals surface area contributed by atoms with Gasteiger partial charge in [0, 0.05) is 17.9 Å². The minimum absolute atomic E-state index is 0.121. The number of nitro groups is 1. The molecule has 0 atom stereocenters. The quantitative estimate of drug-likeness (QED) is 0.176. The lowest BCUT2D eigenvalue weighted by atomic mass is 10.2. The van der Waals surface area contributed by atoms with Crippen molar-refractivity contribution in [3.05, 3.63) is 117 Å². The van der Waals surface area contributed by atoms with Crippen molar-refractivity contribution >= 4 is 34.4 Å². The van der Waals surface area contributed by atoms with Crippen molar-refractivity contribution in [3.63, 3.8) is 0 Å². The highest BCUT2D eigenvalue weighted by Crippen LogP contribution is 2.22. The van der Waals surface area contributed by atoms with E-state index in [2.05, 4.69) is 4.98 Å². The summed E-state index contributed by atoms with van der Waals surface area (Å²) in [7, 11) is 0. The SMILES string of the molecule is O=c1c2cc([N+](=O)[O-])ccc2nc(SC/C=C/c2ccccc2)n1Cc1ccccc1. The zero-order valence-electron chi connectivity index (χ0n) is 16.5. The maximum absolute atomic E-state index is 13.3. The van der Waals surface area contributed by atoms with Crippen LogP contribution in [0.15, 0.2) is 94.9 Å². The van der Waals surface area contributed by atoms with Gasteiger partial charge >= 0.3 is 0 Å². The number of nitro benzene ring substituents is 1. The van der Waals surface area contributed by atoms with Gasteiger partial charge in [0.2, 0.25) is 0 Å². The Morgan fingerprint density at radius 1 is 1.00 bits per heavy atom. The number of non-ortho nitro benzene ring substituents is 1. The molecule has 0 bridgehead atoms. The minimum atomic E-state index is -0.503. The number of benzene rings is 3. The summed E-state index contributed by atoms with van der Waals surface area (Å²) >= 11 is 1.46. The van der Waals surface area contributed by atoms with Crippen molar-refractivity contribution in [3.8, 4) is 0 Å². The fraction of sp³-hybridized carbons (Fsp3) is 0.0833. The predicted octanol–water partition coefficient (Wildman–Crippen LogP) is 5.16. The number of thioether (sulfide) groups is 1. The summed E-state index contributed by atoms with van der Waals surface area (Å²) in [4.78, 5) is 28.6. The van der Waals surface area contributed by atoms with Crippen LogP contribution in [-0.4, -0.2) is 20.2 Å². The Balaban J connectivity index is 1.70. The van der Waals surface area contributed by atoms with Crippen molar-refractivity contribution in [1.29, 1.82) is 0 Å². The summed E-state index contributed by atoms with van der Waals surface area (Å²) in [5.74, 6) is 0.634. The molecule has 1 aromatic heterocycles. The Morgan fingerprint density at radius 3 is 2.42 bits per heavy atom. The lowest BCUT2D eigenvalue weighted by Gasteiger charge is -2.12. The summed E-state index contributed by atoms with van der Waals surface area (Å²) in [6, 6.07) is 23.8. The van der Waals surface area contributed by atoms with E-state index in [1.54, 1.807) is 4.57 Å². The molecule has 31 heavy (non-hydrogen) atoms. The van der Waals surface area contributed by atoms with Gasteiger partial charge in [-0.1, -0.05) is 84.6 Å². The number of nitrogens with zero attached hydrogens (tertiary/aromatic N) is 3. The molecule has 7 heteroatoms. The van der Waals surface area contributed by atoms with Crippen LogP contribution in [0.2, 0.25) is 0 Å². The van der Waals surface area contributed by atoms with Crippen LogP contribution in [0.4, 0.5) is 5.69 Å². The van der Waals surface area contributed by atoms with Gasteiger partial charge in [0.15, 0.2) is 5.16 Å². The summed E-state index contributed by atoms with van der Waals surface area (Å²) in [6.07, 6.45) is 4.05. The smallest absolute Gasteiger partial charge is 0.270 e. The molecule has 0 saturated carbocycles. The molecule has 0 aliphatic carbocycles. The fourth-order valence-electron chi connectivity index (χ4n) is 3.19. The van der Waals surface area contributed by atoms with Crippen LogP contribution in [-0.2, 0) is 6.54 Å². The number of fused-ring (bicyclic) bond motifs is 1. The molecule has 0 fully saturated rings. The molecule has 3 aromatic carbocycles. The van der Waals surface area contributed by atoms with E-state index in [1.165, 1.54) is 30.0 Å². The monoisotopic (exact) mass is 429 g/mol. The van der Waals surface area contributed by atoms with Crippen LogP contribution >= 0.6 is 11.8 Å². The Kier molecular flexibility index (Phi) is 6.24. The number of rotatable bonds is 7. The van der Waals surface area contributed by atoms with Gasteiger partial charge in [0.1, 0.15) is 0 Å². The molecule has 0 aliphatic rings. The van der Waals surface area contributed by atoms with Gasteiger partial charge in [0.05, 0.1) is 22.4 Å². The van der Waals surface area contributed by atoms with Crippen LogP contribution in [0.3, 0.4) is 0 Å². The molecule has 0 N–H and O–H groups in total. The van der Waals surface area contributed by atoms with E-state index < -0.39 is 4.92 Å². The molecule has 4 aromatic rings. The van der Waals surface area contributed by atoms with Gasteiger partial charge in [-0.2, -0.15) is 0 Å². The highest BCUT2D eigenvalue weighted by molar-refractivity contribution is 7.99. The van der Waals surface area contributed by atoms with Crippen LogP contribution in [0.1, 0.15) is 11.1 Å². The topological polar surface area (TPSA) is 78.0 Å². The highest BCUT2D eigenvalue weighted by Gasteiger charge is 2.15. The van der Waals surface area contributed by atoms with E-state index in [-0.39, 0.29) is 16.6 Å². The Bertz CT molecular complexity index is 1300. The third kappa shape index (κ3) is 4.90. The molecular formula is C24H19N3O3S. The average Bonchev–Trinajstić information content (AvgIpc) is 2.80. The lowest BCUT2D eigenvalue weighted by molar-refractivity contribution is -0.384. The van der Waals surface area contributed by atoms with E-state index in [0.717, 1.165) is 11.1 Å². The molecule has 0 spiro atoms. The molecule has 0 aliphatic heterocycles. The summed E-state index contributed by atoms with van der Waals surface area (Å²) in [5.41, 5.74) is 2.10. The third-order valence-corrected chi connectivity index (χ3v) is 5.64. The second kappa shape index (κ2) is 9.40. The second-order valence-corrected chi connectivity index (χ2v) is 7.84. The second-order valence-electron chi connectivity index (χ2n) is 6.85. The van der Waals surface area contributed by atoms with Crippen molar-refractivity contribution in [1.82, 2.24) is 9.55 Å². The highest BCUT2D eigenvalue weighted by atomic mass is 32.2. The van der Waals surface area contributed by atoms with Crippen molar-refractivity contribution in [2.45, 2.75) is 11.7 Å². The third-order valence-electron chi connectivity index (χ3n) is 4.72. The van der Waals surface area contributed by atoms with E-state index in [1.807, 2.05) is 72.8 Å². The molecular weight excluding hydrogens is 410 g/mol. The van der Waals surface area contributed by atoms with Gasteiger partial charge in [-0.05, 0) is 17.2 Å². The molecule has 154 valence electrons. The van der Waals surface area contributed by atoms with E-state index in [4.69, 9.17) is 0 Å². The van der Waals surface area contributed by atoms with Crippen molar-refractivity contribution < 1.29 is 4.92 Å². The maximum Gasteiger partial charge on any atom is 0.270 e. The zero-order chi connectivity index (χ0) is 21.6. The largest absolute Gasteiger partial charge is 0.283 e. The first-order chi connectivity index (χ1) is 15.1. The van der Waals surface area contributed by atoms with Crippen LogP contribution in [0.5, 0.6) is 0 Å². The lowest BCUT2D eigenvalue weighted by Crippen LogP contribution is -2.24. The van der Waals surface area contributed by atoms with Gasteiger partial charge in [-0.25, -0.2) is 4.98 Å². The molecule has 0 saturated heterocycles. The van der Waals surface area contributed by atoms with Crippen molar-refractivity contribution in [2.75, 3.05) is 5.75 Å². The first kappa shape index (κ1) is 20.6. The molecule has 4 rings (SSSR count). The van der Waals surface area contributed by atoms with Gasteiger partial charge in [-0.15, -0.1) is 0 Å². The number of hydrogen-bond acceptors (Lipinski definition) is 5. The minimum Gasteiger partial charge on any atom is -0.283 e. The first-order valence-electron chi connectivity index (χ1n) is 9.69. The molecule has 0 amide bonds. The van der Waals surface area contributed by atoms with Crippen LogP contribution in [0.25, 0.3) is 17.0 Å². The first-order valence-corrected chi connectivity index (χ1v) is 10.7. The van der Waals surface area contributed by atoms with E-state index in [0.29, 0.717) is 23.0 Å². The average molecular weight is 430 g/mol. The predicted molar refractivity (Wildman–Crippen MR) is 124 cm³/mol. The normalized spacial score (nSPS) is 11.2. The molecule has 6 nitrogen and oxygen atoms in total. The number of hydrogen-bond donors (Lipinski definition) is 0. The molecule has 1 heterocycles. The fourth-order valence-corrected chi connectivity index (χ4v) is 4.00. The number of aromatic nitrogens is 2. The summed E-state index contributed by atoms with van der Waals surface area (Å²) in [6.45, 7) is 0.343. The molecule has 0 unspecified atom stereocenters. The summed E-state index contributed by atoms with van der Waals surface area (Å²) in [5, 5.41) is 12.0. The zero-order valence-corrected chi connectivity index (χ0v) is 17.4.